The summed E-state index contributed by atoms with van der Waals surface area (Å²) in [5.41, 5.74) is 0.385. The summed E-state index contributed by atoms with van der Waals surface area (Å²) in [6.45, 7) is 2.34. The summed E-state index contributed by atoms with van der Waals surface area (Å²) in [5.74, 6) is -2.80. The van der Waals surface area contributed by atoms with Gasteiger partial charge in [0.15, 0.2) is 0 Å². The zero-order valence-electron chi connectivity index (χ0n) is 21.8. The van der Waals surface area contributed by atoms with E-state index < -0.39 is 26.8 Å². The number of carbonyl (C=O) groups excluding carboxylic acids is 1. The molecule has 2 aromatic rings. The third kappa shape index (κ3) is 10.9. The topological polar surface area (TPSA) is 147 Å². The minimum absolute atomic E-state index is 0.0950. The van der Waals surface area contributed by atoms with Gasteiger partial charge in [0.25, 0.3) is 5.69 Å². The highest BCUT2D eigenvalue weighted by Gasteiger charge is 2.24. The first-order chi connectivity index (χ1) is 18.1. The number of benzene rings is 1. The van der Waals surface area contributed by atoms with Crippen molar-refractivity contribution < 1.29 is 28.0 Å². The van der Waals surface area contributed by atoms with Crippen LogP contribution in [0, 0.1) is 10.1 Å². The fraction of sp³-hybridized carbons (Fsp3) is 0.538. The Morgan fingerprint density at radius 2 is 1.50 bits per heavy atom. The van der Waals surface area contributed by atoms with Crippen LogP contribution in [0.3, 0.4) is 0 Å². The summed E-state index contributed by atoms with van der Waals surface area (Å²) in [6, 6.07) is 8.43. The maximum Gasteiger partial charge on any atom is 0.394 e. The van der Waals surface area contributed by atoms with E-state index in [-0.39, 0.29) is 23.0 Å². The van der Waals surface area contributed by atoms with Crippen molar-refractivity contribution in [1.82, 2.24) is 9.62 Å². The maximum atomic E-state index is 12.7. The average molecular weight is 568 g/mol. The molecule has 0 fully saturated rings. The molecule has 0 saturated carbocycles. The van der Waals surface area contributed by atoms with Crippen molar-refractivity contribution in [3.05, 3.63) is 57.0 Å². The number of hydrogen-bond acceptors (Lipinski definition) is 7. The molecule has 0 aliphatic heterocycles. The third-order valence-corrected chi connectivity index (χ3v) is 9.08. The smallest absolute Gasteiger partial charge is 0.394 e. The summed E-state index contributed by atoms with van der Waals surface area (Å²) in [6.07, 6.45) is 11.6. The molecule has 1 heterocycles. The first kappa shape index (κ1) is 31.4. The van der Waals surface area contributed by atoms with Gasteiger partial charge < -0.3 is 10.0 Å². The number of carbonyl (C=O) groups is 2. The van der Waals surface area contributed by atoms with Crippen LogP contribution in [0.4, 0.5) is 5.69 Å². The third-order valence-electron chi connectivity index (χ3n) is 6.06. The molecule has 0 aliphatic carbocycles. The van der Waals surface area contributed by atoms with Crippen molar-refractivity contribution in [2.75, 3.05) is 6.54 Å². The van der Waals surface area contributed by atoms with Crippen LogP contribution in [0.25, 0.3) is 0 Å². The molecule has 2 N–H and O–H groups in total. The highest BCUT2D eigenvalue weighted by atomic mass is 32.2. The second-order valence-electron chi connectivity index (χ2n) is 9.19. The Morgan fingerprint density at radius 1 is 0.921 bits per heavy atom. The zero-order chi connectivity index (χ0) is 28.0. The van der Waals surface area contributed by atoms with Gasteiger partial charge in [0.05, 0.1) is 11.5 Å². The first-order valence-electron chi connectivity index (χ1n) is 13.0. The molecular weight excluding hydrogens is 530 g/mol. The van der Waals surface area contributed by atoms with Crippen LogP contribution in [-0.2, 0) is 32.7 Å². The number of nitrogens with zero attached hydrogens (tertiary/aromatic N) is 2. The molecule has 210 valence electrons. The second kappa shape index (κ2) is 16.2. The fourth-order valence-electron chi connectivity index (χ4n) is 3.94. The lowest BCUT2D eigenvalue weighted by Crippen LogP contribution is -2.35. The summed E-state index contributed by atoms with van der Waals surface area (Å²) >= 11 is 0.970. The van der Waals surface area contributed by atoms with Gasteiger partial charge in [-0.25, -0.2) is 17.9 Å². The van der Waals surface area contributed by atoms with Gasteiger partial charge >= 0.3 is 11.9 Å². The van der Waals surface area contributed by atoms with E-state index in [0.29, 0.717) is 17.0 Å². The molecule has 0 atom stereocenters. The van der Waals surface area contributed by atoms with Gasteiger partial charge in [0.2, 0.25) is 10.0 Å². The fourth-order valence-corrected chi connectivity index (χ4v) is 6.43. The van der Waals surface area contributed by atoms with E-state index in [1.165, 1.54) is 75.3 Å². The van der Waals surface area contributed by atoms with Crippen LogP contribution in [0.5, 0.6) is 0 Å². The molecule has 1 aromatic carbocycles. The molecule has 0 bridgehead atoms. The number of thiophene rings is 1. The van der Waals surface area contributed by atoms with E-state index in [9.17, 15) is 33.2 Å². The number of hydrogen-bond donors (Lipinski definition) is 2. The molecule has 0 saturated heterocycles. The van der Waals surface area contributed by atoms with Gasteiger partial charge in [-0.05, 0) is 24.1 Å². The molecule has 2 rings (SSSR count). The number of rotatable bonds is 18. The molecule has 1 aromatic heterocycles. The minimum atomic E-state index is -3.71. The van der Waals surface area contributed by atoms with Gasteiger partial charge in [-0.2, -0.15) is 0 Å². The van der Waals surface area contributed by atoms with Crippen LogP contribution < -0.4 is 4.72 Å². The van der Waals surface area contributed by atoms with Gasteiger partial charge in [0.1, 0.15) is 4.21 Å². The highest BCUT2D eigenvalue weighted by molar-refractivity contribution is 7.91. The van der Waals surface area contributed by atoms with E-state index in [2.05, 4.69) is 11.6 Å². The van der Waals surface area contributed by atoms with E-state index in [1.807, 2.05) is 0 Å². The summed E-state index contributed by atoms with van der Waals surface area (Å²) in [4.78, 5) is 35.4. The molecule has 0 radical (unpaired) electrons. The number of nitro groups is 1. The summed E-state index contributed by atoms with van der Waals surface area (Å²) in [5, 5.41) is 20.0. The number of nitrogens with one attached hydrogen (secondary N) is 1. The maximum absolute atomic E-state index is 12.7. The number of carboxylic acids is 1. The lowest BCUT2D eigenvalue weighted by Gasteiger charge is -2.20. The van der Waals surface area contributed by atoms with E-state index in [4.69, 9.17) is 0 Å². The zero-order valence-corrected chi connectivity index (χ0v) is 23.4. The lowest BCUT2D eigenvalue weighted by atomic mass is 10.1. The second-order valence-corrected chi connectivity index (χ2v) is 12.4. The Hall–Kier alpha value is -2.83. The Bertz CT molecular complexity index is 1150. The number of amides is 1. The average Bonchev–Trinajstić information content (AvgIpc) is 3.36. The van der Waals surface area contributed by atoms with Crippen LogP contribution in [-0.4, -0.2) is 41.8 Å². The quantitative estimate of drug-likeness (QED) is 0.105. The number of aliphatic carboxylic acids is 1. The van der Waals surface area contributed by atoms with Crippen LogP contribution in [0.2, 0.25) is 0 Å². The van der Waals surface area contributed by atoms with Crippen molar-refractivity contribution in [2.24, 2.45) is 0 Å². The Morgan fingerprint density at radius 3 is 2.05 bits per heavy atom. The normalized spacial score (nSPS) is 11.4. The van der Waals surface area contributed by atoms with Crippen molar-refractivity contribution in [3.8, 4) is 0 Å². The standard InChI is InChI=1S/C26H37N3O7S2/c1-2-3-4-5-6-7-8-9-10-11-18-27-38(35,36)24-17-16-23(37-24)20-28(25(30)26(31)32)19-21-12-14-22(15-13-21)29(33)34/h12-17,27H,2-11,18-20H2,1H3,(H,31,32). The van der Waals surface area contributed by atoms with E-state index in [0.717, 1.165) is 35.5 Å². The Kier molecular flexibility index (Phi) is 13.4. The van der Waals surface area contributed by atoms with Crippen LogP contribution in [0.1, 0.15) is 81.6 Å². The Labute approximate surface area is 228 Å². The number of nitro benzene ring substituents is 1. The van der Waals surface area contributed by atoms with Gasteiger partial charge in [-0.3, -0.25) is 14.9 Å². The molecule has 10 nitrogen and oxygen atoms in total. The molecular formula is C26H37N3O7S2. The molecule has 0 unspecified atom stereocenters. The molecule has 12 heteroatoms. The lowest BCUT2D eigenvalue weighted by molar-refractivity contribution is -0.384. The minimum Gasteiger partial charge on any atom is -0.474 e. The van der Waals surface area contributed by atoms with Crippen molar-refractivity contribution in [3.63, 3.8) is 0 Å². The number of unbranched alkanes of at least 4 members (excludes halogenated alkanes) is 9. The monoisotopic (exact) mass is 567 g/mol. The predicted octanol–water partition coefficient (Wildman–Crippen LogP) is 5.47. The molecule has 38 heavy (non-hydrogen) atoms. The largest absolute Gasteiger partial charge is 0.474 e. The SMILES string of the molecule is CCCCCCCCCCCCNS(=O)(=O)c1ccc(CN(Cc2ccc([N+](=O)[O-])cc2)C(=O)C(=O)O)s1. The molecule has 1 amide bonds. The number of carboxylic acid groups (broad SMARTS) is 1. The number of sulfonamides is 1. The van der Waals surface area contributed by atoms with Crippen molar-refractivity contribution in [1.29, 1.82) is 0 Å². The predicted molar refractivity (Wildman–Crippen MR) is 146 cm³/mol. The van der Waals surface area contributed by atoms with Crippen molar-refractivity contribution in [2.45, 2.75) is 88.4 Å². The molecule has 0 spiro atoms. The van der Waals surface area contributed by atoms with E-state index in [1.54, 1.807) is 6.07 Å². The van der Waals surface area contributed by atoms with Gasteiger partial charge in [-0.15, -0.1) is 11.3 Å². The van der Waals surface area contributed by atoms with Crippen LogP contribution in [0.15, 0.2) is 40.6 Å². The van der Waals surface area contributed by atoms with Crippen molar-refractivity contribution >= 4 is 38.9 Å². The highest BCUT2D eigenvalue weighted by Crippen LogP contribution is 2.24. The van der Waals surface area contributed by atoms with Gasteiger partial charge in [-0.1, -0.05) is 76.8 Å². The molecule has 0 aliphatic rings. The van der Waals surface area contributed by atoms with Gasteiger partial charge in [0, 0.05) is 30.1 Å². The van der Waals surface area contributed by atoms with E-state index >= 15 is 0 Å². The summed E-state index contributed by atoms with van der Waals surface area (Å²) in [7, 11) is -3.71. The summed E-state index contributed by atoms with van der Waals surface area (Å²) < 4.78 is 28.1. The number of non-ortho nitro benzene ring substituents is 1. The Balaban J connectivity index is 1.85. The first-order valence-corrected chi connectivity index (χ1v) is 15.3. The van der Waals surface area contributed by atoms with Crippen LogP contribution >= 0.6 is 11.3 Å².